The minimum Gasteiger partial charge on any atom is -0.463 e. The van der Waals surface area contributed by atoms with E-state index in [2.05, 4.69) is 20.0 Å². The number of fused-ring (bicyclic) bond motifs is 4. The first kappa shape index (κ1) is 16.6. The zero-order valence-corrected chi connectivity index (χ0v) is 15.1. The van der Waals surface area contributed by atoms with Gasteiger partial charge in [0.25, 0.3) is 5.78 Å². The molecule has 1 fully saturated rings. The first-order valence-corrected chi connectivity index (χ1v) is 8.76. The van der Waals surface area contributed by atoms with E-state index in [0.717, 1.165) is 18.4 Å². The van der Waals surface area contributed by atoms with Crippen molar-refractivity contribution in [3.63, 3.8) is 0 Å². The van der Waals surface area contributed by atoms with E-state index in [0.29, 0.717) is 34.8 Å². The van der Waals surface area contributed by atoms with E-state index in [9.17, 15) is 14.4 Å². The van der Waals surface area contributed by atoms with Crippen LogP contribution in [0.2, 0.25) is 0 Å². The number of rotatable bonds is 4. The van der Waals surface area contributed by atoms with Gasteiger partial charge in [-0.1, -0.05) is 0 Å². The summed E-state index contributed by atoms with van der Waals surface area (Å²) in [5.74, 6) is -2.02. The van der Waals surface area contributed by atoms with Gasteiger partial charge >= 0.3 is 11.9 Å². The standard InChI is InChI=1S/C18H15N5O5/c1-8-13(15(24)18(26)27-2)12-7-9-6-11(9)22(12)14(8)17(25)28-23-16-10(20-21-23)4-3-5-19-16/h3-5,9,11H,6-7H2,1-2H3/t9-,11?/m1/s1. The predicted molar refractivity (Wildman–Crippen MR) is 92.6 cm³/mol. The molecule has 28 heavy (non-hydrogen) atoms. The molecule has 1 aliphatic carbocycles. The Hall–Kier alpha value is -3.56. The van der Waals surface area contributed by atoms with Crippen LogP contribution >= 0.6 is 0 Å². The molecule has 3 aromatic heterocycles. The minimum absolute atomic E-state index is 0.140. The maximum Gasteiger partial charge on any atom is 0.382 e. The summed E-state index contributed by atoms with van der Waals surface area (Å²) in [6, 6.07) is 3.54. The molecule has 1 saturated carbocycles. The maximum absolute atomic E-state index is 13.0. The van der Waals surface area contributed by atoms with Crippen LogP contribution in [0.15, 0.2) is 18.3 Å². The van der Waals surface area contributed by atoms with Crippen molar-refractivity contribution in [2.24, 2.45) is 5.92 Å². The Morgan fingerprint density at radius 3 is 2.89 bits per heavy atom. The van der Waals surface area contributed by atoms with Gasteiger partial charge in [-0.15, -0.1) is 5.10 Å². The molecule has 3 aromatic rings. The second-order valence-electron chi connectivity index (χ2n) is 6.94. The van der Waals surface area contributed by atoms with Crippen LogP contribution in [0.25, 0.3) is 11.2 Å². The Bertz CT molecular complexity index is 1180. The van der Waals surface area contributed by atoms with E-state index in [1.165, 1.54) is 6.20 Å². The van der Waals surface area contributed by atoms with Crippen molar-refractivity contribution in [1.82, 2.24) is 24.7 Å². The molecule has 142 valence electrons. The van der Waals surface area contributed by atoms with Gasteiger partial charge in [-0.2, -0.15) is 0 Å². The highest BCUT2D eigenvalue weighted by Crippen LogP contribution is 2.54. The molecule has 0 spiro atoms. The van der Waals surface area contributed by atoms with E-state index in [1.54, 1.807) is 19.1 Å². The van der Waals surface area contributed by atoms with Crippen molar-refractivity contribution in [3.05, 3.63) is 40.8 Å². The summed E-state index contributed by atoms with van der Waals surface area (Å²) < 4.78 is 6.40. The van der Waals surface area contributed by atoms with Crippen molar-refractivity contribution >= 4 is 28.9 Å². The molecule has 1 unspecified atom stereocenters. The third-order valence-corrected chi connectivity index (χ3v) is 5.36. The Balaban J connectivity index is 1.57. The molecule has 4 heterocycles. The lowest BCUT2D eigenvalue weighted by Gasteiger charge is -2.08. The molecule has 0 saturated heterocycles. The fourth-order valence-electron chi connectivity index (χ4n) is 4.03. The van der Waals surface area contributed by atoms with Crippen molar-refractivity contribution < 1.29 is 24.0 Å². The van der Waals surface area contributed by atoms with E-state index >= 15 is 0 Å². The molecule has 10 heteroatoms. The van der Waals surface area contributed by atoms with Crippen LogP contribution in [0, 0.1) is 12.8 Å². The third kappa shape index (κ3) is 2.20. The minimum atomic E-state index is -0.955. The summed E-state index contributed by atoms with van der Waals surface area (Å²) in [4.78, 5) is 47.8. The van der Waals surface area contributed by atoms with Gasteiger partial charge in [-0.3, -0.25) is 4.79 Å². The van der Waals surface area contributed by atoms with Crippen LogP contribution in [-0.2, 0) is 16.0 Å². The smallest absolute Gasteiger partial charge is 0.382 e. The number of nitrogens with zero attached hydrogens (tertiary/aromatic N) is 5. The molecule has 0 radical (unpaired) electrons. The number of Topliss-reactive ketones (excluding diaryl/α,β-unsaturated/α-hetero) is 1. The van der Waals surface area contributed by atoms with E-state index in [-0.39, 0.29) is 17.3 Å². The van der Waals surface area contributed by atoms with E-state index < -0.39 is 17.7 Å². The highest BCUT2D eigenvalue weighted by atomic mass is 16.7. The van der Waals surface area contributed by atoms with Crippen LogP contribution in [-0.4, -0.2) is 49.5 Å². The van der Waals surface area contributed by atoms with Crippen LogP contribution in [0.5, 0.6) is 0 Å². The van der Waals surface area contributed by atoms with Crippen molar-refractivity contribution in [1.29, 1.82) is 0 Å². The molecule has 0 N–H and O–H groups in total. The summed E-state index contributed by atoms with van der Waals surface area (Å²) in [6.45, 7) is 1.63. The Morgan fingerprint density at radius 2 is 2.11 bits per heavy atom. The van der Waals surface area contributed by atoms with Crippen molar-refractivity contribution in [2.75, 3.05) is 7.11 Å². The summed E-state index contributed by atoms with van der Waals surface area (Å²) in [5, 5.41) is 7.71. The molecule has 0 aromatic carbocycles. The molecule has 0 amide bonds. The number of pyridine rings is 1. The maximum atomic E-state index is 13.0. The van der Waals surface area contributed by atoms with Gasteiger partial charge in [0, 0.05) is 17.9 Å². The molecule has 0 bridgehead atoms. The number of hydrogen-bond donors (Lipinski definition) is 0. The number of ketones is 1. The molecule has 5 rings (SSSR count). The molecule has 1 aliphatic heterocycles. The largest absolute Gasteiger partial charge is 0.463 e. The second-order valence-corrected chi connectivity index (χ2v) is 6.94. The summed E-state index contributed by atoms with van der Waals surface area (Å²) in [6.07, 6.45) is 3.11. The van der Waals surface area contributed by atoms with Gasteiger partial charge in [0.2, 0.25) is 5.65 Å². The zero-order valence-electron chi connectivity index (χ0n) is 15.1. The summed E-state index contributed by atoms with van der Waals surface area (Å²) in [5.41, 5.74) is 2.34. The van der Waals surface area contributed by atoms with Crippen LogP contribution in [0.3, 0.4) is 0 Å². The number of ether oxygens (including phenoxy) is 1. The number of methoxy groups -OCH3 is 1. The van der Waals surface area contributed by atoms with Gasteiger partial charge < -0.3 is 14.1 Å². The fourth-order valence-corrected chi connectivity index (χ4v) is 4.03. The van der Waals surface area contributed by atoms with Crippen molar-refractivity contribution in [3.8, 4) is 0 Å². The first-order chi connectivity index (χ1) is 13.5. The van der Waals surface area contributed by atoms with Crippen molar-refractivity contribution in [2.45, 2.75) is 25.8 Å². The number of carbonyl (C=O) groups excluding carboxylic acids is 3. The van der Waals surface area contributed by atoms with E-state index in [4.69, 9.17) is 4.84 Å². The molecule has 10 nitrogen and oxygen atoms in total. The zero-order chi connectivity index (χ0) is 19.6. The normalized spacial score (nSPS) is 19.2. The Labute approximate surface area is 158 Å². The van der Waals surface area contributed by atoms with Crippen LogP contribution < -0.4 is 4.84 Å². The predicted octanol–water partition coefficient (Wildman–Crippen LogP) is 0.678. The van der Waals surface area contributed by atoms with Crippen LogP contribution in [0.4, 0.5) is 0 Å². The molecule has 2 atom stereocenters. The Morgan fingerprint density at radius 1 is 1.29 bits per heavy atom. The average molecular weight is 381 g/mol. The quantitative estimate of drug-likeness (QED) is 0.280. The second kappa shape index (κ2) is 5.72. The average Bonchev–Trinajstić information content (AvgIpc) is 3.04. The molecule has 2 aliphatic rings. The first-order valence-electron chi connectivity index (χ1n) is 8.76. The molecular formula is C18H15N5O5. The lowest BCUT2D eigenvalue weighted by Crippen LogP contribution is -2.24. The number of carbonyl (C=O) groups is 3. The van der Waals surface area contributed by atoms with Gasteiger partial charge in [0.05, 0.1) is 12.7 Å². The number of aromatic nitrogens is 5. The summed E-state index contributed by atoms with van der Waals surface area (Å²) >= 11 is 0. The lowest BCUT2D eigenvalue weighted by atomic mass is 10.0. The van der Waals surface area contributed by atoms with Gasteiger partial charge in [0.1, 0.15) is 11.2 Å². The van der Waals surface area contributed by atoms with Gasteiger partial charge in [-0.05, 0) is 53.4 Å². The van der Waals surface area contributed by atoms with Crippen LogP contribution in [0.1, 0.15) is 44.6 Å². The highest BCUT2D eigenvalue weighted by molar-refractivity contribution is 6.41. The van der Waals surface area contributed by atoms with Gasteiger partial charge in [0.15, 0.2) is 0 Å². The van der Waals surface area contributed by atoms with Gasteiger partial charge in [-0.25, -0.2) is 14.6 Å². The SMILES string of the molecule is COC(=O)C(=O)c1c(C)c(C(=O)On2nnc3cccnc32)n2c1C[C@H]1CC12. The summed E-state index contributed by atoms with van der Waals surface area (Å²) in [7, 11) is 1.15. The topological polar surface area (TPSA) is 118 Å². The molecular weight excluding hydrogens is 366 g/mol. The monoisotopic (exact) mass is 381 g/mol. The van der Waals surface area contributed by atoms with E-state index in [1.807, 2.05) is 4.57 Å². The Kier molecular flexibility index (Phi) is 3.39. The highest BCUT2D eigenvalue weighted by Gasteiger charge is 2.50. The number of esters is 1. The lowest BCUT2D eigenvalue weighted by molar-refractivity contribution is -0.135. The third-order valence-electron chi connectivity index (χ3n) is 5.36. The number of hydrogen-bond acceptors (Lipinski definition) is 8. The fraction of sp³-hybridized carbons (Fsp3) is 0.333.